The monoisotopic (exact) mass is 289 g/mol. The van der Waals surface area contributed by atoms with Gasteiger partial charge in [-0.2, -0.15) is 0 Å². The highest BCUT2D eigenvalue weighted by atomic mass is 16.5. The molecule has 2 aromatic rings. The van der Waals surface area contributed by atoms with Crippen molar-refractivity contribution in [3.8, 4) is 5.75 Å². The van der Waals surface area contributed by atoms with Gasteiger partial charge < -0.3 is 14.8 Å². The maximum atomic E-state index is 11.2. The van der Waals surface area contributed by atoms with Crippen LogP contribution in [-0.2, 0) is 11.3 Å². The van der Waals surface area contributed by atoms with Crippen molar-refractivity contribution in [1.29, 1.82) is 0 Å². The van der Waals surface area contributed by atoms with Crippen molar-refractivity contribution >= 4 is 16.9 Å². The number of benzene rings is 1. The molecule has 5 nitrogen and oxygen atoms in total. The fraction of sp³-hybridized carbons (Fsp3) is 0.375. The van der Waals surface area contributed by atoms with Crippen LogP contribution in [0.4, 0.5) is 4.79 Å². The molecule has 0 saturated heterocycles. The molecule has 0 aliphatic carbocycles. The van der Waals surface area contributed by atoms with E-state index in [4.69, 9.17) is 9.47 Å². The summed E-state index contributed by atoms with van der Waals surface area (Å²) in [5.74, 6) is 0.881. The summed E-state index contributed by atoms with van der Waals surface area (Å²) in [6.07, 6.45) is 3.67. The summed E-state index contributed by atoms with van der Waals surface area (Å²) in [6.45, 7) is 6.04. The van der Waals surface area contributed by atoms with Gasteiger partial charge in [0.1, 0.15) is 5.75 Å². The Hall–Kier alpha value is -2.30. The number of fused-ring (bicyclic) bond motifs is 1. The molecule has 1 amide bonds. The molecule has 0 aliphatic heterocycles. The molecule has 0 spiro atoms. The van der Waals surface area contributed by atoms with E-state index in [1.54, 1.807) is 6.92 Å². The molecule has 0 radical (unpaired) electrons. The van der Waals surface area contributed by atoms with Crippen LogP contribution in [0.3, 0.4) is 0 Å². The largest absolute Gasteiger partial charge is 0.494 e. The van der Waals surface area contributed by atoms with Crippen molar-refractivity contribution in [3.05, 3.63) is 36.7 Å². The Morgan fingerprint density at radius 2 is 2.05 bits per heavy atom. The Balaban J connectivity index is 1.99. The van der Waals surface area contributed by atoms with E-state index in [1.165, 1.54) is 0 Å². The quantitative estimate of drug-likeness (QED) is 0.830. The van der Waals surface area contributed by atoms with Gasteiger partial charge in [0, 0.05) is 11.5 Å². The predicted molar refractivity (Wildman–Crippen MR) is 80.3 cm³/mol. The standard InChI is InChI=1S/C16H20N2O3/c1-3-20-15-6-5-14-12-18(9-7-13(14)11-15)10-8-17-16(19)21-4-2/h5-7,9,11-12H,3-4,8,10H2,1-2H3/p+1. The van der Waals surface area contributed by atoms with Crippen LogP contribution < -0.4 is 14.6 Å². The fourth-order valence-electron chi connectivity index (χ4n) is 2.08. The van der Waals surface area contributed by atoms with Crippen LogP contribution in [0.15, 0.2) is 36.7 Å². The molecule has 0 unspecified atom stereocenters. The van der Waals surface area contributed by atoms with Crippen LogP contribution >= 0.6 is 0 Å². The summed E-state index contributed by atoms with van der Waals surface area (Å²) in [5, 5.41) is 4.97. The van der Waals surface area contributed by atoms with Gasteiger partial charge in [-0.1, -0.05) is 0 Å². The Bertz CT molecular complexity index is 613. The SMILES string of the molecule is CCOC(=O)NCC[n+]1ccc2cc(OCC)ccc2c1. The maximum absolute atomic E-state index is 11.2. The van der Waals surface area contributed by atoms with Gasteiger partial charge in [-0.15, -0.1) is 0 Å². The number of carbonyl (C=O) groups excluding carboxylic acids is 1. The number of aromatic nitrogens is 1. The number of amides is 1. The van der Waals surface area contributed by atoms with Crippen LogP contribution in [0.2, 0.25) is 0 Å². The zero-order valence-electron chi connectivity index (χ0n) is 12.5. The van der Waals surface area contributed by atoms with E-state index in [1.807, 2.05) is 42.0 Å². The smallest absolute Gasteiger partial charge is 0.407 e. The van der Waals surface area contributed by atoms with E-state index in [9.17, 15) is 4.79 Å². The molecule has 1 N–H and O–H groups in total. The van der Waals surface area contributed by atoms with Crippen molar-refractivity contribution in [1.82, 2.24) is 5.32 Å². The normalized spacial score (nSPS) is 10.4. The first-order chi connectivity index (χ1) is 10.2. The van der Waals surface area contributed by atoms with Crippen molar-refractivity contribution in [2.75, 3.05) is 19.8 Å². The zero-order chi connectivity index (χ0) is 15.1. The van der Waals surface area contributed by atoms with Gasteiger partial charge >= 0.3 is 6.09 Å². The first-order valence-electron chi connectivity index (χ1n) is 7.19. The molecular weight excluding hydrogens is 268 g/mol. The minimum absolute atomic E-state index is 0.375. The topological polar surface area (TPSA) is 51.4 Å². The molecule has 1 heterocycles. The van der Waals surface area contributed by atoms with Gasteiger partial charge in [0.25, 0.3) is 0 Å². The predicted octanol–water partition coefficient (Wildman–Crippen LogP) is 2.27. The minimum Gasteiger partial charge on any atom is -0.494 e. The number of carbonyl (C=O) groups is 1. The Morgan fingerprint density at radius 3 is 2.81 bits per heavy atom. The summed E-state index contributed by atoms with van der Waals surface area (Å²) >= 11 is 0. The average Bonchev–Trinajstić information content (AvgIpc) is 2.48. The summed E-state index contributed by atoms with van der Waals surface area (Å²) < 4.78 is 12.3. The lowest BCUT2D eigenvalue weighted by Gasteiger charge is -2.05. The van der Waals surface area contributed by atoms with E-state index >= 15 is 0 Å². The molecule has 1 aromatic carbocycles. The molecule has 112 valence electrons. The number of nitrogens with zero attached hydrogens (tertiary/aromatic N) is 1. The Kier molecular flexibility index (Phi) is 5.37. The number of pyridine rings is 1. The maximum Gasteiger partial charge on any atom is 0.407 e. The van der Waals surface area contributed by atoms with E-state index in [0.29, 0.717) is 26.3 Å². The summed E-state index contributed by atoms with van der Waals surface area (Å²) in [4.78, 5) is 11.2. The number of hydrogen-bond acceptors (Lipinski definition) is 3. The highest BCUT2D eigenvalue weighted by Crippen LogP contribution is 2.19. The van der Waals surface area contributed by atoms with Gasteiger partial charge in [-0.3, -0.25) is 0 Å². The first-order valence-corrected chi connectivity index (χ1v) is 7.19. The second kappa shape index (κ2) is 7.47. The minimum atomic E-state index is -0.375. The van der Waals surface area contributed by atoms with Crippen LogP contribution in [-0.4, -0.2) is 25.9 Å². The third-order valence-corrected chi connectivity index (χ3v) is 3.03. The highest BCUT2D eigenvalue weighted by molar-refractivity contribution is 5.82. The lowest BCUT2D eigenvalue weighted by molar-refractivity contribution is -0.693. The third-order valence-electron chi connectivity index (χ3n) is 3.03. The van der Waals surface area contributed by atoms with Gasteiger partial charge in [0.2, 0.25) is 0 Å². The van der Waals surface area contributed by atoms with Crippen LogP contribution in [0, 0.1) is 0 Å². The first kappa shape index (κ1) is 15.1. The third kappa shape index (κ3) is 4.34. The van der Waals surface area contributed by atoms with Crippen molar-refractivity contribution in [2.45, 2.75) is 20.4 Å². The fourth-order valence-corrected chi connectivity index (χ4v) is 2.08. The zero-order valence-corrected chi connectivity index (χ0v) is 12.5. The van der Waals surface area contributed by atoms with Gasteiger partial charge in [0.15, 0.2) is 18.9 Å². The van der Waals surface area contributed by atoms with E-state index in [-0.39, 0.29) is 6.09 Å². The summed E-state index contributed by atoms with van der Waals surface area (Å²) in [7, 11) is 0. The van der Waals surface area contributed by atoms with Crippen molar-refractivity contribution in [3.63, 3.8) is 0 Å². The molecule has 21 heavy (non-hydrogen) atoms. The molecule has 0 saturated carbocycles. The van der Waals surface area contributed by atoms with Crippen LogP contribution in [0.25, 0.3) is 10.8 Å². The van der Waals surface area contributed by atoms with Gasteiger partial charge in [-0.05, 0) is 37.4 Å². The Labute approximate surface area is 124 Å². The molecule has 0 aliphatic rings. The van der Waals surface area contributed by atoms with E-state index < -0.39 is 0 Å². The number of alkyl carbamates (subject to hydrolysis) is 1. The molecule has 1 aromatic heterocycles. The Morgan fingerprint density at radius 1 is 1.19 bits per heavy atom. The number of nitrogens with one attached hydrogen (secondary N) is 1. The summed E-state index contributed by atoms with van der Waals surface area (Å²) in [5.41, 5.74) is 0. The number of ether oxygens (including phenoxy) is 2. The second-order valence-corrected chi connectivity index (χ2v) is 4.55. The number of hydrogen-bond donors (Lipinski definition) is 1. The molecular formula is C16H21N2O3+. The van der Waals surface area contributed by atoms with Crippen molar-refractivity contribution in [2.24, 2.45) is 0 Å². The molecule has 0 atom stereocenters. The lowest BCUT2D eigenvalue weighted by atomic mass is 10.1. The molecule has 0 bridgehead atoms. The molecule has 2 rings (SSSR count). The second-order valence-electron chi connectivity index (χ2n) is 4.55. The van der Waals surface area contributed by atoms with E-state index in [0.717, 1.165) is 16.5 Å². The molecule has 0 fully saturated rings. The van der Waals surface area contributed by atoms with Crippen LogP contribution in [0.5, 0.6) is 5.75 Å². The lowest BCUT2D eigenvalue weighted by Crippen LogP contribution is -2.40. The summed E-state index contributed by atoms with van der Waals surface area (Å²) in [6, 6.07) is 8.07. The molecule has 5 heteroatoms. The van der Waals surface area contributed by atoms with Gasteiger partial charge in [0.05, 0.1) is 19.8 Å². The van der Waals surface area contributed by atoms with Crippen LogP contribution in [0.1, 0.15) is 13.8 Å². The average molecular weight is 289 g/mol. The van der Waals surface area contributed by atoms with Gasteiger partial charge in [-0.25, -0.2) is 9.36 Å². The number of rotatable bonds is 6. The van der Waals surface area contributed by atoms with Crippen molar-refractivity contribution < 1.29 is 18.8 Å². The van der Waals surface area contributed by atoms with E-state index in [2.05, 4.69) is 11.5 Å². The highest BCUT2D eigenvalue weighted by Gasteiger charge is 2.06.